The van der Waals surface area contributed by atoms with Gasteiger partial charge >= 0.3 is 5.97 Å². The summed E-state index contributed by atoms with van der Waals surface area (Å²) in [7, 11) is 4.89. The van der Waals surface area contributed by atoms with Crippen LogP contribution in [-0.4, -0.2) is 149 Å². The number of Topliss-reactive ketones (excluding diaryl/α,β-unsaturated/α-hetero) is 1. The van der Waals surface area contributed by atoms with Gasteiger partial charge in [-0.3, -0.25) is 14.5 Å². The van der Waals surface area contributed by atoms with E-state index >= 15 is 0 Å². The predicted molar refractivity (Wildman–Crippen MR) is 203 cm³/mol. The van der Waals surface area contributed by atoms with E-state index in [9.17, 15) is 30.0 Å². The molecule has 0 aliphatic carbocycles. The van der Waals surface area contributed by atoms with Gasteiger partial charge < -0.3 is 53.6 Å². The van der Waals surface area contributed by atoms with Crippen molar-refractivity contribution in [3.05, 3.63) is 0 Å². The summed E-state index contributed by atoms with van der Waals surface area (Å²) in [5.74, 6) is -1.93. The van der Waals surface area contributed by atoms with Crippen molar-refractivity contribution in [2.75, 3.05) is 27.8 Å². The molecule has 3 rings (SSSR count). The van der Waals surface area contributed by atoms with Crippen LogP contribution >= 0.6 is 0 Å². The first-order valence-corrected chi connectivity index (χ1v) is 19.9. The highest BCUT2D eigenvalue weighted by Gasteiger charge is 2.54. The maximum absolute atomic E-state index is 14.2. The van der Waals surface area contributed by atoms with E-state index in [0.717, 1.165) is 0 Å². The number of ether oxygens (including phenoxy) is 7. The second-order valence-corrected chi connectivity index (χ2v) is 17.1. The summed E-state index contributed by atoms with van der Waals surface area (Å²) in [5.41, 5.74) is -4.30. The smallest absolute Gasteiger partial charge is 0.311 e. The summed E-state index contributed by atoms with van der Waals surface area (Å²) in [6.07, 6.45) is -3.07. The first-order chi connectivity index (χ1) is 25.5. The molecule has 318 valence electrons. The van der Waals surface area contributed by atoms with Gasteiger partial charge in [0.2, 0.25) is 0 Å². The Morgan fingerprint density at radius 2 is 1.53 bits per heavy atom. The summed E-state index contributed by atoms with van der Waals surface area (Å²) in [6, 6.07) is -0.359. The van der Waals surface area contributed by atoms with Crippen LogP contribution in [0.2, 0.25) is 0 Å². The molecule has 14 nitrogen and oxygen atoms in total. The summed E-state index contributed by atoms with van der Waals surface area (Å²) in [6.45, 7) is 17.5. The van der Waals surface area contributed by atoms with Crippen LogP contribution in [0.4, 0.5) is 0 Å². The highest BCUT2D eigenvalue weighted by Crippen LogP contribution is 2.42. The number of terminal acetylenes is 1. The molecule has 14 heteroatoms. The molecule has 0 aromatic heterocycles. The van der Waals surface area contributed by atoms with Crippen LogP contribution in [0, 0.1) is 36.0 Å². The monoisotopic (exact) mass is 785 g/mol. The van der Waals surface area contributed by atoms with Crippen molar-refractivity contribution in [1.82, 2.24) is 4.90 Å². The Kier molecular flexibility index (Phi) is 16.8. The number of esters is 1. The molecule has 0 saturated carbocycles. The average molecular weight is 786 g/mol. The van der Waals surface area contributed by atoms with Crippen molar-refractivity contribution >= 4 is 11.8 Å². The fraction of sp³-hybridized carbons (Fsp3) is 0.902. The average Bonchev–Trinajstić information content (AvgIpc) is 3.14. The minimum Gasteiger partial charge on any atom is -0.459 e. The largest absolute Gasteiger partial charge is 0.459 e. The minimum atomic E-state index is -1.98. The van der Waals surface area contributed by atoms with Gasteiger partial charge in [-0.05, 0) is 67.9 Å². The van der Waals surface area contributed by atoms with Crippen LogP contribution in [0.5, 0.6) is 0 Å². The number of cyclic esters (lactones) is 1. The predicted octanol–water partition coefficient (Wildman–Crippen LogP) is 2.83. The Balaban J connectivity index is 2.22. The van der Waals surface area contributed by atoms with Gasteiger partial charge in [-0.15, -0.1) is 12.3 Å². The molecule has 0 aromatic rings. The Morgan fingerprint density at radius 1 is 0.909 bits per heavy atom. The molecule has 0 spiro atoms. The van der Waals surface area contributed by atoms with Crippen molar-refractivity contribution in [1.29, 1.82) is 0 Å². The summed E-state index contributed by atoms with van der Waals surface area (Å²) < 4.78 is 44.1. The molecule has 3 saturated heterocycles. The van der Waals surface area contributed by atoms with E-state index in [1.54, 1.807) is 48.5 Å². The summed E-state index contributed by atoms with van der Waals surface area (Å²) in [4.78, 5) is 30.3. The number of aliphatic hydroxyl groups excluding tert-OH is 3. The van der Waals surface area contributed by atoms with Gasteiger partial charge in [0, 0.05) is 57.4 Å². The number of carbonyl (C=O) groups excluding carboxylic acids is 2. The van der Waals surface area contributed by atoms with Crippen LogP contribution in [0.1, 0.15) is 101 Å². The van der Waals surface area contributed by atoms with Crippen molar-refractivity contribution in [2.45, 2.75) is 186 Å². The standard InChI is InChI=1S/C41H71NO13/c1-15-17-18-42(12)28-19-23(4)51-38(32(28)44)55-36-25(6)33(54-30-21-39(9,49-13)35(46)27(8)52-30)26(7)37(47)53-29(16-2)41(11,48)34(45)24(5)31(43)22(3)20-40(36,10)50-14/h1,22-30,32-36,38,44-46,48H,16-21H2,2-14H3/t22-,23-,24+,25+,26-,27+,28+,29-,30+,32?,33+,34-,35+,36-,38+,39-,40-,41-/m1/s1. The summed E-state index contributed by atoms with van der Waals surface area (Å²) >= 11 is 0. The topological polar surface area (TPSA) is 183 Å². The molecule has 1 unspecified atom stereocenters. The maximum atomic E-state index is 14.2. The van der Waals surface area contributed by atoms with Crippen LogP contribution in [-0.2, 0) is 42.7 Å². The van der Waals surface area contributed by atoms with Crippen molar-refractivity contribution in [3.63, 3.8) is 0 Å². The Morgan fingerprint density at radius 3 is 2.09 bits per heavy atom. The minimum absolute atomic E-state index is 0.0913. The van der Waals surface area contributed by atoms with E-state index in [2.05, 4.69) is 5.92 Å². The molecule has 55 heavy (non-hydrogen) atoms. The third kappa shape index (κ3) is 10.5. The van der Waals surface area contributed by atoms with Gasteiger partial charge in [0.25, 0.3) is 0 Å². The lowest BCUT2D eigenvalue weighted by atomic mass is 9.74. The number of ketones is 1. The highest BCUT2D eigenvalue weighted by molar-refractivity contribution is 5.83. The number of rotatable bonds is 10. The molecule has 0 aromatic carbocycles. The van der Waals surface area contributed by atoms with E-state index in [1.165, 1.54) is 21.1 Å². The Hall–Kier alpha value is -1.74. The SMILES string of the molecule is C#CCCN(C)[C@H]1C[C@@H](C)O[C@@H](O[C@@H]2[C@@H](C)[C@H](O[C@H]3C[C@@](C)(OC)[C@@H](O)[C@H](C)O3)[C@@H](C)C(=O)O[C@H](CC)[C@@](C)(O)[C@H](O)[C@@H](C)C(=O)[C@H](C)C[C@@]2(C)OC)C1O. The van der Waals surface area contributed by atoms with Crippen LogP contribution in [0.25, 0.3) is 0 Å². The molecule has 0 amide bonds. The molecular weight excluding hydrogens is 714 g/mol. The zero-order chi connectivity index (χ0) is 41.8. The van der Waals surface area contributed by atoms with Crippen molar-refractivity contribution in [3.8, 4) is 12.3 Å². The van der Waals surface area contributed by atoms with E-state index in [-0.39, 0.29) is 37.2 Å². The van der Waals surface area contributed by atoms with E-state index in [0.29, 0.717) is 19.4 Å². The number of nitrogens with zero attached hydrogens (tertiary/aromatic N) is 1. The molecule has 3 aliphatic heterocycles. The molecule has 18 atom stereocenters. The normalized spacial score (nSPS) is 46.8. The fourth-order valence-corrected chi connectivity index (χ4v) is 8.92. The third-order valence-corrected chi connectivity index (χ3v) is 12.8. The number of hydrogen-bond donors (Lipinski definition) is 4. The van der Waals surface area contributed by atoms with E-state index in [1.807, 2.05) is 25.8 Å². The lowest BCUT2D eigenvalue weighted by molar-refractivity contribution is -0.319. The van der Waals surface area contributed by atoms with E-state index < -0.39 is 102 Å². The maximum Gasteiger partial charge on any atom is 0.311 e. The number of carbonyl (C=O) groups is 2. The van der Waals surface area contributed by atoms with Gasteiger partial charge in [-0.2, -0.15) is 0 Å². The molecule has 4 N–H and O–H groups in total. The lowest BCUT2D eigenvalue weighted by Crippen LogP contribution is -2.61. The lowest BCUT2D eigenvalue weighted by Gasteiger charge is -2.50. The van der Waals surface area contributed by atoms with Crippen LogP contribution in [0.3, 0.4) is 0 Å². The van der Waals surface area contributed by atoms with Gasteiger partial charge in [-0.1, -0.05) is 27.7 Å². The Labute approximate surface area is 328 Å². The highest BCUT2D eigenvalue weighted by atomic mass is 16.7. The molecule has 3 aliphatic rings. The number of methoxy groups -OCH3 is 2. The first kappa shape index (κ1) is 47.6. The van der Waals surface area contributed by atoms with Crippen molar-refractivity contribution < 1.29 is 63.2 Å². The van der Waals surface area contributed by atoms with Crippen LogP contribution < -0.4 is 0 Å². The molecule has 3 fully saturated rings. The van der Waals surface area contributed by atoms with Crippen LogP contribution in [0.15, 0.2) is 0 Å². The second kappa shape index (κ2) is 19.3. The first-order valence-electron chi connectivity index (χ1n) is 19.9. The quantitative estimate of drug-likeness (QED) is 0.187. The number of likely N-dealkylation sites (N-methyl/N-ethyl adjacent to an activating group) is 1. The molecule has 3 heterocycles. The molecule has 0 radical (unpaired) electrons. The number of aliphatic hydroxyl groups is 4. The molecule has 0 bridgehead atoms. The molecular formula is C41H71NO13. The van der Waals surface area contributed by atoms with E-state index in [4.69, 9.17) is 39.6 Å². The van der Waals surface area contributed by atoms with Gasteiger partial charge in [-0.25, -0.2) is 0 Å². The van der Waals surface area contributed by atoms with Gasteiger partial charge in [0.05, 0.1) is 47.6 Å². The van der Waals surface area contributed by atoms with Gasteiger partial charge in [0.15, 0.2) is 12.6 Å². The Bertz CT molecular complexity index is 1310. The van der Waals surface area contributed by atoms with Gasteiger partial charge in [0.1, 0.15) is 29.7 Å². The fourth-order valence-electron chi connectivity index (χ4n) is 8.92. The summed E-state index contributed by atoms with van der Waals surface area (Å²) in [5, 5.41) is 45.9. The zero-order valence-electron chi connectivity index (χ0n) is 35.4. The zero-order valence-corrected chi connectivity index (χ0v) is 35.4. The number of hydrogen-bond acceptors (Lipinski definition) is 14. The van der Waals surface area contributed by atoms with Crippen molar-refractivity contribution in [2.24, 2.45) is 23.7 Å². The second-order valence-electron chi connectivity index (χ2n) is 17.1. The third-order valence-electron chi connectivity index (χ3n) is 12.8.